The van der Waals surface area contributed by atoms with Crippen LogP contribution in [-0.2, 0) is 17.8 Å². The molecule has 2 aliphatic carbocycles. The molecule has 2 aliphatic heterocycles. The molecule has 2 N–H and O–H groups in total. The van der Waals surface area contributed by atoms with Crippen LogP contribution < -0.4 is 10.6 Å². The van der Waals surface area contributed by atoms with Gasteiger partial charge in [-0.2, -0.15) is 0 Å². The highest BCUT2D eigenvalue weighted by Gasteiger charge is 2.50. The lowest BCUT2D eigenvalue weighted by atomic mass is 9.76. The minimum absolute atomic E-state index is 0.0254. The first-order chi connectivity index (χ1) is 21.9. The van der Waals surface area contributed by atoms with Gasteiger partial charge in [-0.15, -0.1) is 0 Å². The van der Waals surface area contributed by atoms with Crippen molar-refractivity contribution in [3.63, 3.8) is 0 Å². The Labute approximate surface area is 266 Å². The van der Waals surface area contributed by atoms with E-state index in [2.05, 4.69) is 59.0 Å². The van der Waals surface area contributed by atoms with Gasteiger partial charge in [0.05, 0.1) is 17.5 Å². The van der Waals surface area contributed by atoms with Crippen molar-refractivity contribution in [1.29, 1.82) is 0 Å². The molecular formula is C38H45FN4O2. The maximum Gasteiger partial charge on any atom is 0.257 e. The van der Waals surface area contributed by atoms with Crippen molar-refractivity contribution in [1.82, 2.24) is 9.80 Å². The first kappa shape index (κ1) is 30.0. The van der Waals surface area contributed by atoms with Crippen molar-refractivity contribution in [2.45, 2.75) is 89.4 Å². The number of aryl methyl sites for hydroxylation is 1. The summed E-state index contributed by atoms with van der Waals surface area (Å²) in [4.78, 5) is 33.1. The predicted molar refractivity (Wildman–Crippen MR) is 177 cm³/mol. The van der Waals surface area contributed by atoms with Crippen LogP contribution >= 0.6 is 0 Å². The van der Waals surface area contributed by atoms with Crippen LogP contribution in [0.2, 0.25) is 0 Å². The molecule has 2 heterocycles. The first-order valence-corrected chi connectivity index (χ1v) is 16.9. The molecule has 3 aromatic rings. The van der Waals surface area contributed by atoms with E-state index >= 15 is 4.39 Å². The van der Waals surface area contributed by atoms with E-state index in [9.17, 15) is 9.59 Å². The number of rotatable bonds is 6. The zero-order valence-corrected chi connectivity index (χ0v) is 26.5. The Morgan fingerprint density at radius 2 is 1.67 bits per heavy atom. The number of anilines is 2. The summed E-state index contributed by atoms with van der Waals surface area (Å²) in [5, 5.41) is 6.92. The number of piperidine rings is 1. The number of nitrogens with zero attached hydrogens (tertiary/aromatic N) is 2. The van der Waals surface area contributed by atoms with E-state index in [0.29, 0.717) is 18.0 Å². The molecular weight excluding hydrogens is 563 g/mol. The summed E-state index contributed by atoms with van der Waals surface area (Å²) in [6.07, 6.45) is 9.37. The molecule has 2 saturated carbocycles. The van der Waals surface area contributed by atoms with Gasteiger partial charge in [-0.3, -0.25) is 9.59 Å². The molecule has 0 bridgehead atoms. The molecule has 7 heteroatoms. The number of hydrogen-bond acceptors (Lipinski definition) is 4. The van der Waals surface area contributed by atoms with Crippen LogP contribution in [0.1, 0.15) is 90.0 Å². The fourth-order valence-corrected chi connectivity index (χ4v) is 8.55. The molecule has 2 unspecified atom stereocenters. The summed E-state index contributed by atoms with van der Waals surface area (Å²) < 4.78 is 15.3. The maximum absolute atomic E-state index is 15.3. The highest BCUT2D eigenvalue weighted by molar-refractivity contribution is 5.98. The van der Waals surface area contributed by atoms with E-state index in [1.807, 2.05) is 11.0 Å². The number of carbonyl (C=O) groups is 2. The third-order valence-electron chi connectivity index (χ3n) is 10.9. The predicted octanol–water partition coefficient (Wildman–Crippen LogP) is 7.49. The molecule has 3 aromatic carbocycles. The Morgan fingerprint density at radius 1 is 0.889 bits per heavy atom. The Bertz CT molecular complexity index is 1550. The molecule has 3 fully saturated rings. The van der Waals surface area contributed by atoms with Gasteiger partial charge < -0.3 is 20.4 Å². The Morgan fingerprint density at radius 3 is 2.44 bits per heavy atom. The number of benzene rings is 3. The van der Waals surface area contributed by atoms with Crippen LogP contribution in [0.5, 0.6) is 0 Å². The number of carbonyl (C=O) groups excluding carboxylic acids is 2. The molecule has 4 aliphatic rings. The Hall–Kier alpha value is -3.71. The smallest absolute Gasteiger partial charge is 0.257 e. The number of halogens is 1. The van der Waals surface area contributed by atoms with Gasteiger partial charge in [-0.1, -0.05) is 49.6 Å². The van der Waals surface area contributed by atoms with Crippen molar-refractivity contribution in [3.8, 4) is 0 Å². The molecule has 2 amide bonds. The highest BCUT2D eigenvalue weighted by Crippen LogP contribution is 2.49. The fraction of sp³-hybridized carbons (Fsp3) is 0.474. The molecule has 1 saturated heterocycles. The average molecular weight is 609 g/mol. The number of likely N-dealkylation sites (tertiary alicyclic amines) is 1. The summed E-state index contributed by atoms with van der Waals surface area (Å²) in [5.74, 6) is -1.15. The molecule has 0 radical (unpaired) electrons. The van der Waals surface area contributed by atoms with Crippen molar-refractivity contribution in [3.05, 3.63) is 94.3 Å². The zero-order valence-electron chi connectivity index (χ0n) is 26.5. The van der Waals surface area contributed by atoms with E-state index in [0.717, 1.165) is 55.7 Å². The van der Waals surface area contributed by atoms with E-state index in [1.165, 1.54) is 42.9 Å². The number of likely N-dealkylation sites (N-methyl/N-ethyl adjacent to an activating group) is 1. The summed E-state index contributed by atoms with van der Waals surface area (Å²) in [5.41, 5.74) is 6.10. The van der Waals surface area contributed by atoms with Gasteiger partial charge in [0.25, 0.3) is 5.91 Å². The molecule has 6 nitrogen and oxygen atoms in total. The number of hydrogen-bond donors (Lipinski definition) is 2. The fourth-order valence-electron chi connectivity index (χ4n) is 8.55. The minimum atomic E-state index is -0.504. The van der Waals surface area contributed by atoms with Gasteiger partial charge in [-0.25, -0.2) is 4.39 Å². The van der Waals surface area contributed by atoms with Crippen molar-refractivity contribution >= 4 is 23.2 Å². The van der Waals surface area contributed by atoms with Crippen molar-refractivity contribution in [2.24, 2.45) is 11.8 Å². The third kappa shape index (κ3) is 5.99. The van der Waals surface area contributed by atoms with Crippen LogP contribution in [0, 0.1) is 24.6 Å². The number of fused-ring (bicyclic) bond motifs is 2. The maximum atomic E-state index is 15.3. The summed E-state index contributed by atoms with van der Waals surface area (Å²) in [6, 6.07) is 19.3. The summed E-state index contributed by atoms with van der Waals surface area (Å²) in [7, 11) is 2.13. The van der Waals surface area contributed by atoms with E-state index < -0.39 is 17.8 Å². The molecule has 45 heavy (non-hydrogen) atoms. The van der Waals surface area contributed by atoms with Crippen LogP contribution in [0.4, 0.5) is 15.8 Å². The van der Waals surface area contributed by atoms with Gasteiger partial charge >= 0.3 is 0 Å². The quantitative estimate of drug-likeness (QED) is 0.305. The zero-order chi connectivity index (χ0) is 31.1. The molecule has 0 aromatic heterocycles. The molecule has 7 rings (SSSR count). The van der Waals surface area contributed by atoms with Gasteiger partial charge in [0.2, 0.25) is 5.91 Å². The van der Waals surface area contributed by atoms with E-state index in [-0.39, 0.29) is 29.3 Å². The largest absolute Gasteiger partial charge is 0.382 e. The van der Waals surface area contributed by atoms with Crippen molar-refractivity contribution < 1.29 is 14.0 Å². The third-order valence-corrected chi connectivity index (χ3v) is 10.9. The SMILES string of the molecule is Cc1cccc(F)c1C(=O)N1C2CCC[C@@H]2C[C@H](C(=O)Nc2ccc3c(c2)CCN(C)C3)C1c1ccc(NC2CCCC2)cc1. The van der Waals surface area contributed by atoms with Crippen LogP contribution in [0.3, 0.4) is 0 Å². The number of nitrogens with one attached hydrogen (secondary N) is 2. The topological polar surface area (TPSA) is 64.7 Å². The average Bonchev–Trinajstić information content (AvgIpc) is 3.73. The summed E-state index contributed by atoms with van der Waals surface area (Å²) in [6.45, 7) is 3.70. The second-order valence-corrected chi connectivity index (χ2v) is 13.9. The van der Waals surface area contributed by atoms with E-state index in [1.54, 1.807) is 19.1 Å². The summed E-state index contributed by atoms with van der Waals surface area (Å²) >= 11 is 0. The van der Waals surface area contributed by atoms with Crippen molar-refractivity contribution in [2.75, 3.05) is 24.2 Å². The lowest BCUT2D eigenvalue weighted by Crippen LogP contribution is -2.54. The standard InChI is InChI=1S/C38H45FN4O2/c1-24-7-5-11-33(39)35(24)38(45)43-34-12-6-8-27(34)22-32(36(43)25-13-16-30(17-14-25)40-29-9-3-4-10-29)37(44)41-31-18-15-28-23-42(2)20-19-26(28)21-31/h5,7,11,13-18,21,27,29,32,34,36,40H,3-4,6,8-10,12,19-20,22-23H2,1-2H3,(H,41,44)/t27-,32+,34?,36?/m1/s1. The molecule has 236 valence electrons. The normalized spacial score (nSPS) is 25.1. The molecule has 0 spiro atoms. The van der Waals surface area contributed by atoms with Gasteiger partial charge in [0.15, 0.2) is 0 Å². The lowest BCUT2D eigenvalue weighted by Gasteiger charge is -2.48. The Balaban J connectivity index is 1.25. The van der Waals surface area contributed by atoms with Crippen LogP contribution in [-0.4, -0.2) is 47.3 Å². The monoisotopic (exact) mass is 608 g/mol. The minimum Gasteiger partial charge on any atom is -0.382 e. The second-order valence-electron chi connectivity index (χ2n) is 13.9. The second kappa shape index (κ2) is 12.6. The number of amides is 2. The van der Waals surface area contributed by atoms with E-state index in [4.69, 9.17) is 0 Å². The van der Waals surface area contributed by atoms with Gasteiger partial charge in [-0.05, 0) is 111 Å². The highest BCUT2D eigenvalue weighted by atomic mass is 19.1. The first-order valence-electron chi connectivity index (χ1n) is 16.9. The van der Waals surface area contributed by atoms with Crippen LogP contribution in [0.15, 0.2) is 60.7 Å². The van der Waals surface area contributed by atoms with Gasteiger partial charge in [0.1, 0.15) is 5.82 Å². The molecule has 4 atom stereocenters. The van der Waals surface area contributed by atoms with Crippen LogP contribution in [0.25, 0.3) is 0 Å². The lowest BCUT2D eigenvalue weighted by molar-refractivity contribution is -0.125. The Kier molecular flexibility index (Phi) is 8.38. The van der Waals surface area contributed by atoms with Gasteiger partial charge in [0, 0.05) is 36.5 Å².